The second kappa shape index (κ2) is 11.0. The van der Waals surface area contributed by atoms with E-state index in [1.165, 1.54) is 0 Å². The van der Waals surface area contributed by atoms with Gasteiger partial charge in [0.2, 0.25) is 0 Å². The van der Waals surface area contributed by atoms with Gasteiger partial charge in [-0.2, -0.15) is 5.10 Å². The monoisotopic (exact) mass is 548 g/mol. The van der Waals surface area contributed by atoms with Crippen molar-refractivity contribution in [1.82, 2.24) is 34.9 Å². The fourth-order valence-corrected chi connectivity index (χ4v) is 5.22. The highest BCUT2D eigenvalue weighted by Gasteiger charge is 2.20. The SMILES string of the molecule is Cc1cc(C)c(CNC(=O)c2cc(-c3ccc(N4CCN(C)CC4)nc3)nc3c2cnn3-c2ccccc2)c(=O)[nH]1. The van der Waals surface area contributed by atoms with Gasteiger partial charge < -0.3 is 20.1 Å². The molecule has 4 aromatic heterocycles. The molecule has 0 spiro atoms. The summed E-state index contributed by atoms with van der Waals surface area (Å²) in [5, 5.41) is 8.13. The first-order valence-electron chi connectivity index (χ1n) is 13.7. The summed E-state index contributed by atoms with van der Waals surface area (Å²) >= 11 is 0. The summed E-state index contributed by atoms with van der Waals surface area (Å²) in [5.41, 5.74) is 5.17. The molecule has 1 saturated heterocycles. The second-order valence-corrected chi connectivity index (χ2v) is 10.5. The van der Waals surface area contributed by atoms with Crippen LogP contribution >= 0.6 is 0 Å². The van der Waals surface area contributed by atoms with Gasteiger partial charge in [-0.15, -0.1) is 0 Å². The molecule has 208 valence electrons. The molecule has 1 amide bonds. The lowest BCUT2D eigenvalue weighted by Gasteiger charge is -2.33. The number of nitrogens with zero attached hydrogens (tertiary/aromatic N) is 6. The van der Waals surface area contributed by atoms with E-state index in [2.05, 4.69) is 32.2 Å². The molecule has 2 N–H and O–H groups in total. The molecule has 0 bridgehead atoms. The lowest BCUT2D eigenvalue weighted by atomic mass is 10.1. The number of nitrogens with one attached hydrogen (secondary N) is 2. The van der Waals surface area contributed by atoms with E-state index < -0.39 is 0 Å². The van der Waals surface area contributed by atoms with E-state index in [1.807, 2.05) is 68.6 Å². The Morgan fingerprint density at radius 1 is 1.00 bits per heavy atom. The average molecular weight is 549 g/mol. The minimum absolute atomic E-state index is 0.105. The van der Waals surface area contributed by atoms with Crippen molar-refractivity contribution in [2.45, 2.75) is 20.4 Å². The lowest BCUT2D eigenvalue weighted by molar-refractivity contribution is 0.0952. The van der Waals surface area contributed by atoms with Crippen LogP contribution in [0.3, 0.4) is 0 Å². The van der Waals surface area contributed by atoms with E-state index in [9.17, 15) is 9.59 Å². The number of anilines is 1. The van der Waals surface area contributed by atoms with Crippen LogP contribution in [-0.4, -0.2) is 68.8 Å². The molecule has 1 fully saturated rings. The van der Waals surface area contributed by atoms with Gasteiger partial charge in [-0.05, 0) is 62.9 Å². The van der Waals surface area contributed by atoms with Crippen molar-refractivity contribution in [2.24, 2.45) is 0 Å². The number of rotatable bonds is 6. The number of carbonyl (C=O) groups excluding carboxylic acids is 1. The molecular formula is C31H32N8O2. The van der Waals surface area contributed by atoms with Crippen LogP contribution in [0.4, 0.5) is 5.82 Å². The van der Waals surface area contributed by atoms with Crippen LogP contribution in [0.25, 0.3) is 28.0 Å². The molecule has 0 unspecified atom stereocenters. The molecule has 0 radical (unpaired) electrons. The van der Waals surface area contributed by atoms with Crippen LogP contribution < -0.4 is 15.8 Å². The maximum Gasteiger partial charge on any atom is 0.253 e. The standard InChI is InChI=1S/C31H32N8O2/c1-20-15-21(2)35-31(41)25(20)18-33-30(40)24-16-27(22-9-10-28(32-17-22)38-13-11-37(3)12-14-38)36-29-26(24)19-34-39(29)23-7-5-4-6-8-23/h4-10,15-17,19H,11-14,18H2,1-3H3,(H,33,40)(H,35,41). The Labute approximate surface area is 237 Å². The van der Waals surface area contributed by atoms with E-state index in [0.717, 1.165) is 54.5 Å². The number of likely N-dealkylation sites (N-methyl/N-ethyl adjacent to an activating group) is 1. The van der Waals surface area contributed by atoms with Gasteiger partial charge in [-0.3, -0.25) is 9.59 Å². The number of amides is 1. The van der Waals surface area contributed by atoms with Gasteiger partial charge in [-0.1, -0.05) is 18.2 Å². The van der Waals surface area contributed by atoms with Crippen molar-refractivity contribution in [3.05, 3.63) is 99.7 Å². The zero-order valence-corrected chi connectivity index (χ0v) is 23.4. The maximum atomic E-state index is 13.6. The van der Waals surface area contributed by atoms with Crippen LogP contribution in [0.5, 0.6) is 0 Å². The van der Waals surface area contributed by atoms with Gasteiger partial charge in [0.1, 0.15) is 5.82 Å². The molecule has 10 nitrogen and oxygen atoms in total. The molecular weight excluding hydrogens is 516 g/mol. The number of hydrogen-bond acceptors (Lipinski definition) is 7. The lowest BCUT2D eigenvalue weighted by Crippen LogP contribution is -2.44. The minimum atomic E-state index is -0.312. The normalized spacial score (nSPS) is 14.0. The number of H-pyrrole nitrogens is 1. The Morgan fingerprint density at radius 3 is 2.49 bits per heavy atom. The summed E-state index contributed by atoms with van der Waals surface area (Å²) in [7, 11) is 2.13. The summed E-state index contributed by atoms with van der Waals surface area (Å²) < 4.78 is 1.73. The first-order chi connectivity index (χ1) is 19.9. The molecule has 0 atom stereocenters. The average Bonchev–Trinajstić information content (AvgIpc) is 3.41. The van der Waals surface area contributed by atoms with Crippen LogP contribution in [0.1, 0.15) is 27.2 Å². The van der Waals surface area contributed by atoms with Gasteiger partial charge in [0.05, 0.1) is 28.5 Å². The van der Waals surface area contributed by atoms with E-state index in [0.29, 0.717) is 27.9 Å². The van der Waals surface area contributed by atoms with E-state index in [1.54, 1.807) is 16.9 Å². The van der Waals surface area contributed by atoms with Gasteiger partial charge in [0.25, 0.3) is 11.5 Å². The van der Waals surface area contributed by atoms with E-state index in [4.69, 9.17) is 9.97 Å². The molecule has 0 saturated carbocycles. The highest BCUT2D eigenvalue weighted by molar-refractivity contribution is 6.06. The van der Waals surface area contributed by atoms with Crippen molar-refractivity contribution in [3.8, 4) is 16.9 Å². The van der Waals surface area contributed by atoms with Crippen molar-refractivity contribution >= 4 is 22.8 Å². The van der Waals surface area contributed by atoms with Gasteiger partial charge in [-0.25, -0.2) is 14.6 Å². The Morgan fingerprint density at radius 2 is 1.78 bits per heavy atom. The first kappa shape index (κ1) is 26.4. The van der Waals surface area contributed by atoms with Crippen molar-refractivity contribution < 1.29 is 4.79 Å². The third kappa shape index (κ3) is 5.33. The maximum absolute atomic E-state index is 13.6. The first-order valence-corrected chi connectivity index (χ1v) is 13.7. The van der Waals surface area contributed by atoms with E-state index >= 15 is 0 Å². The highest BCUT2D eigenvalue weighted by atomic mass is 16.1. The Bertz CT molecular complexity index is 1770. The molecule has 1 aliphatic heterocycles. The molecule has 5 heterocycles. The number of piperazine rings is 1. The summed E-state index contributed by atoms with van der Waals surface area (Å²) in [6, 6.07) is 17.4. The van der Waals surface area contributed by atoms with E-state index in [-0.39, 0.29) is 18.0 Å². The predicted octanol–water partition coefficient (Wildman–Crippen LogP) is 3.47. The molecule has 10 heteroatoms. The summed E-state index contributed by atoms with van der Waals surface area (Å²) in [4.78, 5) is 43.2. The highest BCUT2D eigenvalue weighted by Crippen LogP contribution is 2.27. The predicted molar refractivity (Wildman–Crippen MR) is 160 cm³/mol. The number of benzene rings is 1. The number of para-hydroxylation sites is 1. The Kier molecular flexibility index (Phi) is 7.07. The fourth-order valence-electron chi connectivity index (χ4n) is 5.22. The van der Waals surface area contributed by atoms with Gasteiger partial charge in [0.15, 0.2) is 5.65 Å². The molecule has 5 aromatic rings. The van der Waals surface area contributed by atoms with Crippen LogP contribution in [0, 0.1) is 13.8 Å². The van der Waals surface area contributed by atoms with Crippen molar-refractivity contribution in [2.75, 3.05) is 38.1 Å². The third-order valence-corrected chi connectivity index (χ3v) is 7.58. The minimum Gasteiger partial charge on any atom is -0.354 e. The molecule has 1 aromatic carbocycles. The summed E-state index contributed by atoms with van der Waals surface area (Å²) in [6.07, 6.45) is 3.47. The van der Waals surface area contributed by atoms with Gasteiger partial charge >= 0.3 is 0 Å². The van der Waals surface area contributed by atoms with Crippen LogP contribution in [0.15, 0.2) is 71.8 Å². The number of carbonyl (C=O) groups is 1. The number of hydrogen-bond donors (Lipinski definition) is 2. The zero-order valence-electron chi connectivity index (χ0n) is 23.4. The second-order valence-electron chi connectivity index (χ2n) is 10.5. The zero-order chi connectivity index (χ0) is 28.5. The van der Waals surface area contributed by atoms with Crippen molar-refractivity contribution in [3.63, 3.8) is 0 Å². The summed E-state index contributed by atoms with van der Waals surface area (Å²) in [6.45, 7) is 7.66. The number of aryl methyl sites for hydroxylation is 2. The molecule has 0 aliphatic carbocycles. The quantitative estimate of drug-likeness (QED) is 0.334. The van der Waals surface area contributed by atoms with Crippen LogP contribution in [-0.2, 0) is 6.54 Å². The number of fused-ring (bicyclic) bond motifs is 1. The summed E-state index contributed by atoms with van der Waals surface area (Å²) in [5.74, 6) is 0.613. The largest absolute Gasteiger partial charge is 0.354 e. The van der Waals surface area contributed by atoms with Gasteiger partial charge in [0, 0.05) is 55.7 Å². The smallest absolute Gasteiger partial charge is 0.253 e. The number of aromatic amines is 1. The molecule has 6 rings (SSSR count). The number of aromatic nitrogens is 5. The van der Waals surface area contributed by atoms with Crippen molar-refractivity contribution in [1.29, 1.82) is 0 Å². The molecule has 1 aliphatic rings. The topological polar surface area (TPSA) is 112 Å². The Balaban J connectivity index is 1.37. The number of pyridine rings is 3. The third-order valence-electron chi connectivity index (χ3n) is 7.58. The fraction of sp³-hybridized carbons (Fsp3) is 0.258. The Hall–Kier alpha value is -4.83. The van der Waals surface area contributed by atoms with Crippen LogP contribution in [0.2, 0.25) is 0 Å². The molecule has 41 heavy (non-hydrogen) atoms.